The number of methoxy groups -OCH3 is 1. The number of carbonyl (C=O) groups excluding carboxylic acids is 1. The number of amides is 1. The van der Waals surface area contributed by atoms with Crippen LogP contribution in [0.15, 0.2) is 18.3 Å². The number of aryl methyl sites for hydroxylation is 1. The number of nitrogens with zero attached hydrogens (tertiary/aromatic N) is 2. The Morgan fingerprint density at radius 1 is 1.63 bits per heavy atom. The molecular weight excluding hydrogens is 242 g/mol. The van der Waals surface area contributed by atoms with Crippen molar-refractivity contribution >= 4 is 5.91 Å². The molecule has 1 amide bonds. The minimum absolute atomic E-state index is 0.0817. The molecule has 1 saturated heterocycles. The van der Waals surface area contributed by atoms with E-state index in [0.717, 1.165) is 25.2 Å². The van der Waals surface area contributed by atoms with Gasteiger partial charge in [0, 0.05) is 39.5 Å². The highest BCUT2D eigenvalue weighted by Crippen LogP contribution is 2.10. The van der Waals surface area contributed by atoms with Gasteiger partial charge >= 0.3 is 0 Å². The number of aromatic nitrogens is 1. The summed E-state index contributed by atoms with van der Waals surface area (Å²) in [6, 6.07) is 4.18. The molecule has 2 heterocycles. The molecule has 0 aromatic carbocycles. The molecule has 0 spiro atoms. The Balaban J connectivity index is 2.03. The summed E-state index contributed by atoms with van der Waals surface area (Å²) < 4.78 is 6.98. The summed E-state index contributed by atoms with van der Waals surface area (Å²) in [5.41, 5.74) is 0.731. The summed E-state index contributed by atoms with van der Waals surface area (Å²) in [5.74, 6) is 0.0817. The second-order valence-electron chi connectivity index (χ2n) is 5.04. The van der Waals surface area contributed by atoms with Crippen molar-refractivity contribution in [1.82, 2.24) is 14.8 Å². The van der Waals surface area contributed by atoms with E-state index in [1.807, 2.05) is 34.8 Å². The van der Waals surface area contributed by atoms with E-state index in [-0.39, 0.29) is 5.91 Å². The summed E-state index contributed by atoms with van der Waals surface area (Å²) in [5, 5.41) is 3.44. The fourth-order valence-corrected chi connectivity index (χ4v) is 2.50. The van der Waals surface area contributed by atoms with Gasteiger partial charge in [0.25, 0.3) is 5.91 Å². The number of hydrogen-bond acceptors (Lipinski definition) is 3. The van der Waals surface area contributed by atoms with Crippen LogP contribution in [0, 0.1) is 0 Å². The van der Waals surface area contributed by atoms with Crippen molar-refractivity contribution in [3.05, 3.63) is 24.0 Å². The lowest BCUT2D eigenvalue weighted by Crippen LogP contribution is -2.43. The van der Waals surface area contributed by atoms with Gasteiger partial charge in [-0.1, -0.05) is 0 Å². The van der Waals surface area contributed by atoms with Crippen LogP contribution in [0.3, 0.4) is 0 Å². The van der Waals surface area contributed by atoms with Gasteiger partial charge in [0.05, 0.1) is 6.61 Å². The lowest BCUT2D eigenvalue weighted by molar-refractivity contribution is 0.0670. The monoisotopic (exact) mass is 265 g/mol. The van der Waals surface area contributed by atoms with Gasteiger partial charge in [-0.2, -0.15) is 0 Å². The molecule has 1 aliphatic heterocycles. The normalized spacial score (nSPS) is 18.7. The van der Waals surface area contributed by atoms with Crippen molar-refractivity contribution in [2.24, 2.45) is 7.05 Å². The molecule has 106 valence electrons. The van der Waals surface area contributed by atoms with Crippen LogP contribution in [0.4, 0.5) is 0 Å². The fourth-order valence-electron chi connectivity index (χ4n) is 2.50. The van der Waals surface area contributed by atoms with Crippen molar-refractivity contribution in [3.8, 4) is 0 Å². The maximum atomic E-state index is 12.5. The zero-order valence-corrected chi connectivity index (χ0v) is 11.8. The van der Waals surface area contributed by atoms with Gasteiger partial charge in [-0.05, 0) is 31.5 Å². The summed E-state index contributed by atoms with van der Waals surface area (Å²) in [7, 11) is 3.56. The number of carbonyl (C=O) groups is 1. The van der Waals surface area contributed by atoms with E-state index in [4.69, 9.17) is 4.74 Å². The molecule has 1 N–H and O–H groups in total. The van der Waals surface area contributed by atoms with E-state index in [9.17, 15) is 4.79 Å². The van der Waals surface area contributed by atoms with Crippen molar-refractivity contribution < 1.29 is 9.53 Å². The molecule has 5 nitrogen and oxygen atoms in total. The van der Waals surface area contributed by atoms with Crippen molar-refractivity contribution in [2.45, 2.75) is 18.9 Å². The largest absolute Gasteiger partial charge is 0.383 e. The topological polar surface area (TPSA) is 46.5 Å². The van der Waals surface area contributed by atoms with Crippen LogP contribution in [0.1, 0.15) is 23.3 Å². The van der Waals surface area contributed by atoms with E-state index in [2.05, 4.69) is 5.32 Å². The quantitative estimate of drug-likeness (QED) is 0.830. The molecule has 0 bridgehead atoms. The summed E-state index contributed by atoms with van der Waals surface area (Å²) in [6.45, 7) is 3.02. The molecule has 0 radical (unpaired) electrons. The van der Waals surface area contributed by atoms with E-state index < -0.39 is 0 Å². The lowest BCUT2D eigenvalue weighted by Gasteiger charge is -2.25. The molecule has 1 fully saturated rings. The number of rotatable bonds is 6. The smallest absolute Gasteiger partial charge is 0.270 e. The van der Waals surface area contributed by atoms with Gasteiger partial charge in [-0.3, -0.25) is 4.79 Å². The second-order valence-corrected chi connectivity index (χ2v) is 5.04. The third-order valence-electron chi connectivity index (χ3n) is 3.62. The molecule has 1 aromatic rings. The Morgan fingerprint density at radius 3 is 3.05 bits per heavy atom. The number of nitrogens with one attached hydrogen (secondary N) is 1. The lowest BCUT2D eigenvalue weighted by atomic mass is 10.2. The molecule has 5 heteroatoms. The maximum Gasteiger partial charge on any atom is 0.270 e. The summed E-state index contributed by atoms with van der Waals surface area (Å²) in [4.78, 5) is 14.4. The molecular formula is C14H23N3O2. The Bertz CT molecular complexity index is 411. The summed E-state index contributed by atoms with van der Waals surface area (Å²) >= 11 is 0. The van der Waals surface area contributed by atoms with Crippen molar-refractivity contribution in [1.29, 1.82) is 0 Å². The first-order valence-corrected chi connectivity index (χ1v) is 6.85. The molecule has 1 atom stereocenters. The van der Waals surface area contributed by atoms with Gasteiger partial charge < -0.3 is 19.5 Å². The van der Waals surface area contributed by atoms with Crippen LogP contribution in [-0.4, -0.2) is 54.8 Å². The Morgan fingerprint density at radius 2 is 2.47 bits per heavy atom. The minimum Gasteiger partial charge on any atom is -0.383 e. The molecule has 1 unspecified atom stereocenters. The third kappa shape index (κ3) is 3.58. The average Bonchev–Trinajstić information content (AvgIpc) is 3.05. The number of hydrogen-bond donors (Lipinski definition) is 1. The van der Waals surface area contributed by atoms with Crippen LogP contribution in [0.2, 0.25) is 0 Å². The SMILES string of the molecule is COCCN(CC1CCCN1)C(=O)c1cccn1C. The van der Waals surface area contributed by atoms with Crippen molar-refractivity contribution in [3.63, 3.8) is 0 Å². The van der Waals surface area contributed by atoms with Crippen LogP contribution in [0.25, 0.3) is 0 Å². The van der Waals surface area contributed by atoms with E-state index in [0.29, 0.717) is 19.2 Å². The first-order valence-electron chi connectivity index (χ1n) is 6.85. The Labute approximate surface area is 114 Å². The standard InChI is InChI=1S/C14H23N3O2/c1-16-8-4-6-13(16)14(18)17(9-10-19-2)11-12-5-3-7-15-12/h4,6,8,12,15H,3,5,7,9-11H2,1-2H3. The zero-order valence-electron chi connectivity index (χ0n) is 11.8. The Kier molecular flexibility index (Phi) is 4.99. The molecule has 1 aliphatic rings. The molecule has 0 saturated carbocycles. The van der Waals surface area contributed by atoms with Crippen LogP contribution in [-0.2, 0) is 11.8 Å². The third-order valence-corrected chi connectivity index (χ3v) is 3.62. The highest BCUT2D eigenvalue weighted by atomic mass is 16.5. The van der Waals surface area contributed by atoms with Crippen LogP contribution >= 0.6 is 0 Å². The van der Waals surface area contributed by atoms with Crippen LogP contribution < -0.4 is 5.32 Å². The second kappa shape index (κ2) is 6.73. The highest BCUT2D eigenvalue weighted by Gasteiger charge is 2.23. The van der Waals surface area contributed by atoms with E-state index in [1.165, 1.54) is 6.42 Å². The van der Waals surface area contributed by atoms with Gasteiger partial charge in [0.1, 0.15) is 5.69 Å². The van der Waals surface area contributed by atoms with Gasteiger partial charge in [0.2, 0.25) is 0 Å². The first-order chi connectivity index (χ1) is 9.22. The van der Waals surface area contributed by atoms with E-state index >= 15 is 0 Å². The predicted octanol–water partition coefficient (Wildman–Crippen LogP) is 0.866. The van der Waals surface area contributed by atoms with Gasteiger partial charge in [0.15, 0.2) is 0 Å². The molecule has 1 aromatic heterocycles. The zero-order chi connectivity index (χ0) is 13.7. The highest BCUT2D eigenvalue weighted by molar-refractivity contribution is 5.92. The Hall–Kier alpha value is -1.33. The fraction of sp³-hybridized carbons (Fsp3) is 0.643. The van der Waals surface area contributed by atoms with Crippen LogP contribution in [0.5, 0.6) is 0 Å². The van der Waals surface area contributed by atoms with Crippen molar-refractivity contribution in [2.75, 3.05) is 33.4 Å². The van der Waals surface area contributed by atoms with Gasteiger partial charge in [-0.15, -0.1) is 0 Å². The molecule has 19 heavy (non-hydrogen) atoms. The molecule has 0 aliphatic carbocycles. The number of ether oxygens (including phenoxy) is 1. The van der Waals surface area contributed by atoms with E-state index in [1.54, 1.807) is 7.11 Å². The first kappa shape index (κ1) is 14.1. The maximum absolute atomic E-state index is 12.5. The minimum atomic E-state index is 0.0817. The molecule has 2 rings (SSSR count). The summed E-state index contributed by atoms with van der Waals surface area (Å²) in [6.07, 6.45) is 4.24. The van der Waals surface area contributed by atoms with Gasteiger partial charge in [-0.25, -0.2) is 0 Å². The average molecular weight is 265 g/mol. The predicted molar refractivity (Wildman–Crippen MR) is 74.2 cm³/mol.